The van der Waals surface area contributed by atoms with Crippen LogP contribution in [0.3, 0.4) is 0 Å². The van der Waals surface area contributed by atoms with Gasteiger partial charge in [-0.1, -0.05) is 19.9 Å². The summed E-state index contributed by atoms with van der Waals surface area (Å²) in [5.74, 6) is 0.586. The number of piperazine rings is 1. The number of sulfone groups is 1. The summed E-state index contributed by atoms with van der Waals surface area (Å²) in [5, 5.41) is 3.40. The lowest BCUT2D eigenvalue weighted by Crippen LogP contribution is -2.50. The largest absolute Gasteiger partial charge is 0.501 e. The van der Waals surface area contributed by atoms with Crippen LogP contribution < -0.4 is 10.2 Å². The number of halogens is 3. The molecule has 1 aliphatic heterocycles. The Bertz CT molecular complexity index is 660. The molecule has 1 aliphatic rings. The van der Waals surface area contributed by atoms with Crippen molar-refractivity contribution in [1.29, 1.82) is 0 Å². The van der Waals surface area contributed by atoms with Gasteiger partial charge in [-0.15, -0.1) is 0 Å². The van der Waals surface area contributed by atoms with E-state index in [1.165, 1.54) is 6.07 Å². The second-order valence-electron chi connectivity index (χ2n) is 6.51. The zero-order valence-corrected chi connectivity index (χ0v) is 14.6. The fourth-order valence-electron chi connectivity index (χ4n) is 2.77. The minimum Gasteiger partial charge on any atom is -0.369 e. The SMILES string of the molecule is CC(C)CCC1CN(c2cccc(S(=O)(=O)C(F)(F)F)c2)CCN1. The maximum atomic E-state index is 12.7. The van der Waals surface area contributed by atoms with Gasteiger partial charge in [0.15, 0.2) is 0 Å². The van der Waals surface area contributed by atoms with E-state index in [2.05, 4.69) is 19.2 Å². The lowest BCUT2D eigenvalue weighted by molar-refractivity contribution is -0.0435. The molecule has 1 aromatic carbocycles. The number of nitrogens with one attached hydrogen (secondary N) is 1. The Kier molecular flexibility index (Phi) is 5.80. The zero-order valence-electron chi connectivity index (χ0n) is 13.8. The molecule has 0 radical (unpaired) electrons. The Labute approximate surface area is 141 Å². The number of hydrogen-bond acceptors (Lipinski definition) is 4. The van der Waals surface area contributed by atoms with Crippen molar-refractivity contribution in [2.24, 2.45) is 5.92 Å². The maximum Gasteiger partial charge on any atom is 0.501 e. The zero-order chi connectivity index (χ0) is 18.0. The van der Waals surface area contributed by atoms with Crippen LogP contribution in [0.1, 0.15) is 26.7 Å². The van der Waals surface area contributed by atoms with E-state index in [4.69, 9.17) is 0 Å². The highest BCUT2D eigenvalue weighted by atomic mass is 32.2. The van der Waals surface area contributed by atoms with Gasteiger partial charge in [0, 0.05) is 31.4 Å². The van der Waals surface area contributed by atoms with Crippen molar-refractivity contribution in [3.63, 3.8) is 0 Å². The van der Waals surface area contributed by atoms with Crippen LogP contribution in [0.25, 0.3) is 0 Å². The first-order valence-corrected chi connectivity index (χ1v) is 9.49. The standard InChI is InChI=1S/C16H23F3N2O2S/c1-12(2)6-7-13-11-21(9-8-20-13)14-4-3-5-15(10-14)24(22,23)16(17,18)19/h3-5,10,12-13,20H,6-9,11H2,1-2H3. The van der Waals surface area contributed by atoms with Crippen LogP contribution in [-0.4, -0.2) is 39.6 Å². The molecular formula is C16H23F3N2O2S. The number of anilines is 1. The van der Waals surface area contributed by atoms with Crippen LogP contribution in [-0.2, 0) is 9.84 Å². The molecule has 1 N–H and O–H groups in total. The van der Waals surface area contributed by atoms with Gasteiger partial charge in [0.2, 0.25) is 0 Å². The van der Waals surface area contributed by atoms with Gasteiger partial charge in [-0.2, -0.15) is 13.2 Å². The molecule has 1 fully saturated rings. The topological polar surface area (TPSA) is 49.4 Å². The molecule has 0 amide bonds. The van der Waals surface area contributed by atoms with E-state index in [0.29, 0.717) is 24.7 Å². The molecule has 2 rings (SSSR count). The second kappa shape index (κ2) is 7.31. The molecule has 1 unspecified atom stereocenters. The van der Waals surface area contributed by atoms with E-state index >= 15 is 0 Å². The first-order chi connectivity index (χ1) is 11.1. The van der Waals surface area contributed by atoms with Gasteiger partial charge in [-0.05, 0) is 37.0 Å². The van der Waals surface area contributed by atoms with E-state index in [0.717, 1.165) is 31.5 Å². The van der Waals surface area contributed by atoms with Gasteiger partial charge in [0.25, 0.3) is 9.84 Å². The molecule has 136 valence electrons. The molecule has 24 heavy (non-hydrogen) atoms. The number of nitrogens with zero attached hydrogens (tertiary/aromatic N) is 1. The number of hydrogen-bond donors (Lipinski definition) is 1. The summed E-state index contributed by atoms with van der Waals surface area (Å²) in [7, 11) is -5.31. The average molecular weight is 364 g/mol. The highest BCUT2D eigenvalue weighted by Crippen LogP contribution is 2.32. The summed E-state index contributed by atoms with van der Waals surface area (Å²) >= 11 is 0. The van der Waals surface area contributed by atoms with Gasteiger partial charge in [0.05, 0.1) is 4.90 Å². The Morgan fingerprint density at radius 2 is 2.04 bits per heavy atom. The summed E-state index contributed by atoms with van der Waals surface area (Å²) in [4.78, 5) is 1.24. The molecular weight excluding hydrogens is 341 g/mol. The molecule has 1 heterocycles. The molecule has 4 nitrogen and oxygen atoms in total. The van der Waals surface area contributed by atoms with Crippen LogP contribution >= 0.6 is 0 Å². The molecule has 0 spiro atoms. The molecule has 1 aromatic rings. The summed E-state index contributed by atoms with van der Waals surface area (Å²) in [6, 6.07) is 5.38. The fraction of sp³-hybridized carbons (Fsp3) is 0.625. The van der Waals surface area contributed by atoms with Crippen LogP contribution in [0.4, 0.5) is 18.9 Å². The summed E-state index contributed by atoms with van der Waals surface area (Å²) in [6.07, 6.45) is 2.04. The number of alkyl halides is 3. The Balaban J connectivity index is 2.16. The summed E-state index contributed by atoms with van der Waals surface area (Å²) in [5.41, 5.74) is -4.77. The van der Waals surface area contributed by atoms with Crippen LogP contribution in [0.2, 0.25) is 0 Å². The van der Waals surface area contributed by atoms with Crippen LogP contribution in [0, 0.1) is 5.92 Å². The highest BCUT2D eigenvalue weighted by Gasteiger charge is 2.47. The van der Waals surface area contributed by atoms with Crippen LogP contribution in [0.15, 0.2) is 29.2 Å². The second-order valence-corrected chi connectivity index (χ2v) is 8.46. The Hall–Kier alpha value is -1.28. The minimum atomic E-state index is -5.31. The normalized spacial score (nSPS) is 19.8. The lowest BCUT2D eigenvalue weighted by atomic mass is 10.0. The lowest BCUT2D eigenvalue weighted by Gasteiger charge is -2.35. The van der Waals surface area contributed by atoms with Crippen molar-refractivity contribution in [3.05, 3.63) is 24.3 Å². The van der Waals surface area contributed by atoms with Crippen molar-refractivity contribution in [2.45, 2.75) is 43.1 Å². The molecule has 0 bridgehead atoms. The van der Waals surface area contributed by atoms with E-state index in [1.807, 2.05) is 4.90 Å². The number of benzene rings is 1. The summed E-state index contributed by atoms with van der Waals surface area (Å²) < 4.78 is 61.3. The van der Waals surface area contributed by atoms with Crippen molar-refractivity contribution >= 4 is 15.5 Å². The van der Waals surface area contributed by atoms with Gasteiger partial charge >= 0.3 is 5.51 Å². The van der Waals surface area contributed by atoms with Crippen molar-refractivity contribution in [2.75, 3.05) is 24.5 Å². The number of rotatable bonds is 5. The highest BCUT2D eigenvalue weighted by molar-refractivity contribution is 7.92. The first kappa shape index (κ1) is 19.1. The molecule has 1 atom stereocenters. The van der Waals surface area contributed by atoms with Crippen molar-refractivity contribution in [1.82, 2.24) is 5.32 Å². The van der Waals surface area contributed by atoms with E-state index in [9.17, 15) is 21.6 Å². The average Bonchev–Trinajstić information content (AvgIpc) is 2.52. The van der Waals surface area contributed by atoms with Gasteiger partial charge < -0.3 is 10.2 Å². The Morgan fingerprint density at radius 3 is 2.67 bits per heavy atom. The predicted octanol–water partition coefficient (Wildman–Crippen LogP) is 3.19. The molecule has 0 aromatic heterocycles. The molecule has 8 heteroatoms. The van der Waals surface area contributed by atoms with Crippen LogP contribution in [0.5, 0.6) is 0 Å². The molecule has 0 saturated carbocycles. The Morgan fingerprint density at radius 1 is 1.33 bits per heavy atom. The summed E-state index contributed by atoms with van der Waals surface area (Å²) in [6.45, 7) is 6.30. The third kappa shape index (κ3) is 4.42. The van der Waals surface area contributed by atoms with Crippen molar-refractivity contribution < 1.29 is 21.6 Å². The molecule has 1 saturated heterocycles. The van der Waals surface area contributed by atoms with Gasteiger partial charge in [-0.3, -0.25) is 0 Å². The van der Waals surface area contributed by atoms with Gasteiger partial charge in [-0.25, -0.2) is 8.42 Å². The molecule has 0 aliphatic carbocycles. The smallest absolute Gasteiger partial charge is 0.369 e. The van der Waals surface area contributed by atoms with E-state index in [1.54, 1.807) is 6.07 Å². The first-order valence-electron chi connectivity index (χ1n) is 8.01. The van der Waals surface area contributed by atoms with Crippen molar-refractivity contribution in [3.8, 4) is 0 Å². The third-order valence-corrected chi connectivity index (χ3v) is 5.63. The quantitative estimate of drug-likeness (QED) is 0.872. The van der Waals surface area contributed by atoms with E-state index in [-0.39, 0.29) is 6.04 Å². The monoisotopic (exact) mass is 364 g/mol. The minimum absolute atomic E-state index is 0.254. The fourth-order valence-corrected chi connectivity index (χ4v) is 3.57. The van der Waals surface area contributed by atoms with Gasteiger partial charge in [0.1, 0.15) is 0 Å². The third-order valence-electron chi connectivity index (χ3n) is 4.15. The predicted molar refractivity (Wildman–Crippen MR) is 87.8 cm³/mol. The maximum absolute atomic E-state index is 12.7. The van der Waals surface area contributed by atoms with E-state index < -0.39 is 20.2 Å².